The fraction of sp³-hybridized carbons (Fsp3) is 0.100. The van der Waals surface area contributed by atoms with Gasteiger partial charge in [0.2, 0.25) is 0 Å². The van der Waals surface area contributed by atoms with Gasteiger partial charge in [0.1, 0.15) is 4.33 Å². The van der Waals surface area contributed by atoms with Crippen LogP contribution in [0.5, 0.6) is 0 Å². The van der Waals surface area contributed by atoms with Crippen LogP contribution in [0.2, 0.25) is 0 Å². The molecule has 0 nitrogen and oxygen atoms in total. The Labute approximate surface area is 190 Å². The first-order valence-corrected chi connectivity index (χ1v) is 8.07. The molecule has 118 valence electrons. The number of fused-ring (bicyclic) bond motifs is 2. The van der Waals surface area contributed by atoms with Crippen molar-refractivity contribution in [3.8, 4) is 0 Å². The number of benzene rings is 2. The summed E-state index contributed by atoms with van der Waals surface area (Å²) in [7, 11) is 0. The van der Waals surface area contributed by atoms with Gasteiger partial charge < -0.3 is 0 Å². The summed E-state index contributed by atoms with van der Waals surface area (Å²) >= 11 is 13.5. The van der Waals surface area contributed by atoms with E-state index in [-0.39, 0.29) is 52.4 Å². The normalized spacial score (nSPS) is 11.2. The van der Waals surface area contributed by atoms with Crippen LogP contribution in [-0.4, -0.2) is 0 Å². The van der Waals surface area contributed by atoms with Crippen LogP contribution < -0.4 is 0 Å². The predicted molar refractivity (Wildman–Crippen MR) is 96.2 cm³/mol. The van der Waals surface area contributed by atoms with Crippen molar-refractivity contribution >= 4 is 44.7 Å². The van der Waals surface area contributed by atoms with Crippen molar-refractivity contribution in [3.05, 3.63) is 83.9 Å². The minimum Gasteiger partial charge on any atom is -0.168 e. The van der Waals surface area contributed by atoms with Crippen LogP contribution in [-0.2, 0) is 63.2 Å². The third-order valence-electron chi connectivity index (χ3n) is 4.25. The minimum atomic E-state index is -0.945. The molecule has 0 heterocycles. The van der Waals surface area contributed by atoms with Gasteiger partial charge in [-0.3, -0.25) is 0 Å². The Balaban J connectivity index is 0.00000104. The van der Waals surface area contributed by atoms with E-state index in [9.17, 15) is 0 Å². The van der Waals surface area contributed by atoms with Crippen molar-refractivity contribution in [1.82, 2.24) is 0 Å². The topological polar surface area (TPSA) is 0 Å². The Hall–Kier alpha value is 0.00623. The molecule has 0 N–H and O–H groups in total. The molecule has 0 radical (unpaired) electrons. The first kappa shape index (κ1) is 20.3. The Bertz CT molecular complexity index is 950. The van der Waals surface area contributed by atoms with Crippen molar-refractivity contribution in [3.63, 3.8) is 0 Å². The van der Waals surface area contributed by atoms with Gasteiger partial charge in [-0.05, 0) is 6.42 Å². The standard InChI is InChI=1S/C20H14Cl2.2Zr/c21-20(22,19-12-4-8-15-7-3-11-18(15)19)13-16-9-1-5-14-6-2-10-17(14)16;;/h1-12H,13H2;;/q-2;;. The first-order valence-electron chi connectivity index (χ1n) is 7.31. The quantitative estimate of drug-likeness (QED) is 0.226. The van der Waals surface area contributed by atoms with E-state index in [1.165, 1.54) is 21.7 Å². The Morgan fingerprint density at radius 2 is 1.33 bits per heavy atom. The maximum absolute atomic E-state index is 6.76. The first-order chi connectivity index (χ1) is 10.6. The van der Waals surface area contributed by atoms with E-state index in [1.807, 2.05) is 18.2 Å². The molecule has 0 aliphatic rings. The van der Waals surface area contributed by atoms with Gasteiger partial charge in [0.05, 0.1) is 0 Å². The fourth-order valence-electron chi connectivity index (χ4n) is 3.20. The van der Waals surface area contributed by atoms with Gasteiger partial charge in [-0.15, -0.1) is 80.6 Å². The van der Waals surface area contributed by atoms with E-state index >= 15 is 0 Å². The largest absolute Gasteiger partial charge is 0.168 e. The fourth-order valence-corrected chi connectivity index (χ4v) is 3.82. The van der Waals surface area contributed by atoms with Gasteiger partial charge in [-0.2, -0.15) is 24.3 Å². The summed E-state index contributed by atoms with van der Waals surface area (Å²) in [6.07, 6.45) is 0.585. The molecule has 0 aliphatic heterocycles. The summed E-state index contributed by atoms with van der Waals surface area (Å²) in [5.41, 5.74) is 2.15. The molecule has 0 bridgehead atoms. The molecule has 0 spiro atoms. The summed E-state index contributed by atoms with van der Waals surface area (Å²) in [6.45, 7) is 0. The van der Waals surface area contributed by atoms with Gasteiger partial charge in [0.25, 0.3) is 0 Å². The van der Waals surface area contributed by atoms with Crippen LogP contribution in [0.25, 0.3) is 21.5 Å². The third-order valence-corrected chi connectivity index (χ3v) is 4.93. The van der Waals surface area contributed by atoms with Gasteiger partial charge in [0, 0.05) is 52.4 Å². The van der Waals surface area contributed by atoms with Crippen LogP contribution in [0, 0.1) is 0 Å². The van der Waals surface area contributed by atoms with Crippen LogP contribution in [0.15, 0.2) is 72.8 Å². The zero-order valence-electron chi connectivity index (χ0n) is 12.9. The predicted octanol–water partition coefficient (Wildman–Crippen LogP) is 6.30. The molecule has 24 heavy (non-hydrogen) atoms. The Kier molecular flexibility index (Phi) is 6.89. The maximum Gasteiger partial charge on any atom is 0.107 e. The van der Waals surface area contributed by atoms with Crippen molar-refractivity contribution in [2.75, 3.05) is 0 Å². The number of alkyl halides is 2. The second-order valence-electron chi connectivity index (χ2n) is 5.66. The van der Waals surface area contributed by atoms with Crippen molar-refractivity contribution in [2.45, 2.75) is 10.8 Å². The van der Waals surface area contributed by atoms with Crippen LogP contribution in [0.3, 0.4) is 0 Å². The molecule has 0 aliphatic carbocycles. The summed E-state index contributed by atoms with van der Waals surface area (Å²) in [5, 5.41) is 4.76. The average Bonchev–Trinajstić information content (AvgIpc) is 3.15. The van der Waals surface area contributed by atoms with E-state index in [1.54, 1.807) is 0 Å². The van der Waals surface area contributed by atoms with E-state index in [2.05, 4.69) is 54.6 Å². The van der Waals surface area contributed by atoms with Crippen molar-refractivity contribution in [1.29, 1.82) is 0 Å². The summed E-state index contributed by atoms with van der Waals surface area (Å²) in [4.78, 5) is 0. The molecule has 4 aromatic carbocycles. The zero-order valence-corrected chi connectivity index (χ0v) is 19.3. The molecule has 0 amide bonds. The second-order valence-corrected chi connectivity index (χ2v) is 7.15. The number of hydrogen-bond acceptors (Lipinski definition) is 0. The van der Waals surface area contributed by atoms with Crippen LogP contribution >= 0.6 is 23.2 Å². The van der Waals surface area contributed by atoms with Gasteiger partial charge in [-0.25, -0.2) is 0 Å². The molecule has 4 rings (SSSR count). The van der Waals surface area contributed by atoms with Gasteiger partial charge in [0.15, 0.2) is 0 Å². The maximum atomic E-state index is 6.76. The Morgan fingerprint density at radius 3 is 2.04 bits per heavy atom. The Morgan fingerprint density at radius 1 is 0.750 bits per heavy atom. The molecule has 0 atom stereocenters. The summed E-state index contributed by atoms with van der Waals surface area (Å²) < 4.78 is -0.945. The van der Waals surface area contributed by atoms with Crippen molar-refractivity contribution in [2.24, 2.45) is 0 Å². The molecule has 0 saturated carbocycles. The number of hydrogen-bond donors (Lipinski definition) is 0. The number of halogens is 2. The molecule has 4 heteroatoms. The second kappa shape index (κ2) is 8.14. The van der Waals surface area contributed by atoms with Crippen molar-refractivity contribution < 1.29 is 52.4 Å². The number of rotatable bonds is 3. The van der Waals surface area contributed by atoms with E-state index in [4.69, 9.17) is 23.2 Å². The molecule has 0 unspecified atom stereocenters. The summed E-state index contributed by atoms with van der Waals surface area (Å²) in [6, 6.07) is 24.9. The van der Waals surface area contributed by atoms with Crippen LogP contribution in [0.1, 0.15) is 11.1 Å². The minimum absolute atomic E-state index is 0. The van der Waals surface area contributed by atoms with Crippen LogP contribution in [0.4, 0.5) is 0 Å². The average molecular weight is 508 g/mol. The molecule has 0 saturated heterocycles. The smallest absolute Gasteiger partial charge is 0.107 e. The van der Waals surface area contributed by atoms with Gasteiger partial charge in [-0.1, -0.05) is 23.8 Å². The molecule has 0 fully saturated rings. The van der Waals surface area contributed by atoms with E-state index in [0.29, 0.717) is 6.42 Å². The molecule has 4 aromatic rings. The van der Waals surface area contributed by atoms with E-state index in [0.717, 1.165) is 10.9 Å². The van der Waals surface area contributed by atoms with Gasteiger partial charge >= 0.3 is 0 Å². The monoisotopic (exact) mass is 504 g/mol. The SMILES string of the molecule is ClC(Cl)(Cc1cccc2cc[cH-]c12)c1cccc2cc[cH-]c12.[Zr].[Zr]. The third kappa shape index (κ3) is 3.73. The summed E-state index contributed by atoms with van der Waals surface area (Å²) in [5.74, 6) is 0. The molecular formula is C20H14Cl2Zr2-2. The molecule has 0 aromatic heterocycles. The zero-order chi connectivity index (χ0) is 15.2. The van der Waals surface area contributed by atoms with E-state index < -0.39 is 4.33 Å². The molecular weight excluding hydrogens is 494 g/mol.